The number of carbonyl (C=O) groups is 1. The quantitative estimate of drug-likeness (QED) is 0.785. The Kier molecular flexibility index (Phi) is 3.10. The SMILES string of the molecule is CC(c1ccccc1F)N1CC(C#N)CC1=O. The molecule has 0 N–H and O–H groups in total. The number of hydrogen-bond donors (Lipinski definition) is 0. The minimum Gasteiger partial charge on any atom is -0.334 e. The Morgan fingerprint density at radius 2 is 2.24 bits per heavy atom. The van der Waals surface area contributed by atoms with E-state index in [4.69, 9.17) is 5.26 Å². The van der Waals surface area contributed by atoms with Crippen LogP contribution in [-0.4, -0.2) is 17.4 Å². The Labute approximate surface area is 99.5 Å². The van der Waals surface area contributed by atoms with Gasteiger partial charge in [0.2, 0.25) is 5.91 Å². The van der Waals surface area contributed by atoms with Crippen molar-refractivity contribution in [2.45, 2.75) is 19.4 Å². The van der Waals surface area contributed by atoms with E-state index in [0.29, 0.717) is 12.1 Å². The van der Waals surface area contributed by atoms with E-state index in [1.807, 2.05) is 0 Å². The van der Waals surface area contributed by atoms with Crippen LogP contribution >= 0.6 is 0 Å². The van der Waals surface area contributed by atoms with Gasteiger partial charge in [-0.2, -0.15) is 5.26 Å². The van der Waals surface area contributed by atoms with Crippen molar-refractivity contribution in [3.63, 3.8) is 0 Å². The van der Waals surface area contributed by atoms with Crippen LogP contribution in [0.3, 0.4) is 0 Å². The van der Waals surface area contributed by atoms with Gasteiger partial charge in [0.05, 0.1) is 18.0 Å². The van der Waals surface area contributed by atoms with E-state index in [1.54, 1.807) is 30.0 Å². The summed E-state index contributed by atoms with van der Waals surface area (Å²) in [6.45, 7) is 2.18. The third-order valence-electron chi connectivity index (χ3n) is 3.16. The van der Waals surface area contributed by atoms with Gasteiger partial charge in [-0.1, -0.05) is 18.2 Å². The number of benzene rings is 1. The summed E-state index contributed by atoms with van der Waals surface area (Å²) in [5.41, 5.74) is 0.499. The molecule has 2 rings (SSSR count). The van der Waals surface area contributed by atoms with E-state index in [0.717, 1.165) is 0 Å². The zero-order valence-electron chi connectivity index (χ0n) is 9.56. The maximum atomic E-state index is 13.6. The number of hydrogen-bond acceptors (Lipinski definition) is 2. The number of nitriles is 1. The molecule has 88 valence electrons. The molecule has 1 amide bonds. The van der Waals surface area contributed by atoms with Crippen molar-refractivity contribution in [2.75, 3.05) is 6.54 Å². The average molecular weight is 232 g/mol. The molecule has 1 saturated heterocycles. The van der Waals surface area contributed by atoms with Crippen LogP contribution in [0.1, 0.15) is 24.9 Å². The van der Waals surface area contributed by atoms with Gasteiger partial charge < -0.3 is 4.90 Å². The molecule has 0 aromatic heterocycles. The highest BCUT2D eigenvalue weighted by atomic mass is 19.1. The third kappa shape index (κ3) is 2.14. The normalized spacial score (nSPS) is 21.4. The third-order valence-corrected chi connectivity index (χ3v) is 3.16. The first-order valence-electron chi connectivity index (χ1n) is 5.57. The van der Waals surface area contributed by atoms with Gasteiger partial charge in [0.25, 0.3) is 0 Å². The van der Waals surface area contributed by atoms with Crippen LogP contribution in [0.2, 0.25) is 0 Å². The first kappa shape index (κ1) is 11.6. The number of carbonyl (C=O) groups excluding carboxylic acids is 1. The van der Waals surface area contributed by atoms with Crippen LogP contribution in [0.5, 0.6) is 0 Å². The highest BCUT2D eigenvalue weighted by molar-refractivity contribution is 5.79. The Morgan fingerprint density at radius 3 is 2.82 bits per heavy atom. The Hall–Kier alpha value is -1.89. The van der Waals surface area contributed by atoms with E-state index in [1.165, 1.54) is 6.07 Å². The molecule has 1 aliphatic rings. The molecule has 3 nitrogen and oxygen atoms in total. The molecule has 1 heterocycles. The van der Waals surface area contributed by atoms with Crippen LogP contribution in [0.4, 0.5) is 4.39 Å². The average Bonchev–Trinajstić information content (AvgIpc) is 2.70. The van der Waals surface area contributed by atoms with Crippen molar-refractivity contribution in [3.8, 4) is 6.07 Å². The summed E-state index contributed by atoms with van der Waals surface area (Å²) in [7, 11) is 0. The van der Waals surface area contributed by atoms with Gasteiger partial charge in [-0.15, -0.1) is 0 Å². The van der Waals surface area contributed by atoms with Crippen LogP contribution in [-0.2, 0) is 4.79 Å². The smallest absolute Gasteiger partial charge is 0.224 e. The second-order valence-electron chi connectivity index (χ2n) is 4.27. The van der Waals surface area contributed by atoms with Crippen molar-refractivity contribution in [3.05, 3.63) is 35.6 Å². The summed E-state index contributed by atoms with van der Waals surface area (Å²) in [6.07, 6.45) is 0.245. The molecule has 0 radical (unpaired) electrons. The zero-order valence-corrected chi connectivity index (χ0v) is 9.56. The summed E-state index contributed by atoms with van der Waals surface area (Å²) in [5, 5.41) is 8.81. The molecule has 1 fully saturated rings. The summed E-state index contributed by atoms with van der Waals surface area (Å²) >= 11 is 0. The van der Waals surface area contributed by atoms with Crippen molar-refractivity contribution >= 4 is 5.91 Å². The van der Waals surface area contributed by atoms with Crippen molar-refractivity contribution in [1.82, 2.24) is 4.90 Å². The molecule has 0 aliphatic carbocycles. The Balaban J connectivity index is 2.22. The fraction of sp³-hybridized carbons (Fsp3) is 0.385. The number of amides is 1. The largest absolute Gasteiger partial charge is 0.334 e. The first-order chi connectivity index (χ1) is 8.13. The first-order valence-corrected chi connectivity index (χ1v) is 5.57. The van der Waals surface area contributed by atoms with E-state index in [-0.39, 0.29) is 30.1 Å². The summed E-state index contributed by atoms with van der Waals surface area (Å²) in [5.74, 6) is -0.655. The predicted molar refractivity (Wildman–Crippen MR) is 60.2 cm³/mol. The van der Waals surface area contributed by atoms with Crippen LogP contribution < -0.4 is 0 Å². The van der Waals surface area contributed by atoms with Crippen molar-refractivity contribution in [2.24, 2.45) is 5.92 Å². The molecule has 1 aromatic carbocycles. The lowest BCUT2D eigenvalue weighted by molar-refractivity contribution is -0.129. The number of halogens is 1. The van der Waals surface area contributed by atoms with Crippen LogP contribution in [0.15, 0.2) is 24.3 Å². The van der Waals surface area contributed by atoms with Gasteiger partial charge in [-0.25, -0.2) is 4.39 Å². The summed E-state index contributed by atoms with van der Waals surface area (Å²) < 4.78 is 13.6. The highest BCUT2D eigenvalue weighted by Gasteiger charge is 2.33. The molecule has 1 aliphatic heterocycles. The van der Waals surface area contributed by atoms with E-state index in [2.05, 4.69) is 6.07 Å². The number of nitrogens with zero attached hydrogens (tertiary/aromatic N) is 2. The molecular weight excluding hydrogens is 219 g/mol. The molecule has 2 unspecified atom stereocenters. The van der Waals surface area contributed by atoms with Gasteiger partial charge in [0.15, 0.2) is 0 Å². The Morgan fingerprint density at radius 1 is 1.53 bits per heavy atom. The van der Waals surface area contributed by atoms with Gasteiger partial charge in [0.1, 0.15) is 5.82 Å². The van der Waals surface area contributed by atoms with E-state index >= 15 is 0 Å². The lowest BCUT2D eigenvalue weighted by atomic mass is 10.1. The van der Waals surface area contributed by atoms with Crippen molar-refractivity contribution in [1.29, 1.82) is 5.26 Å². The second-order valence-corrected chi connectivity index (χ2v) is 4.27. The minimum absolute atomic E-state index is 0.0766. The van der Waals surface area contributed by atoms with Crippen LogP contribution in [0.25, 0.3) is 0 Å². The monoisotopic (exact) mass is 232 g/mol. The fourth-order valence-corrected chi connectivity index (χ4v) is 2.17. The highest BCUT2D eigenvalue weighted by Crippen LogP contribution is 2.29. The molecular formula is C13H13FN2O. The van der Waals surface area contributed by atoms with Gasteiger partial charge in [-0.05, 0) is 13.0 Å². The summed E-state index contributed by atoms with van der Waals surface area (Å²) in [6, 6.07) is 8.20. The standard InChI is InChI=1S/C13H13FN2O/c1-9(11-4-2-3-5-12(11)14)16-8-10(7-15)6-13(16)17/h2-5,9-10H,6,8H2,1H3. The maximum Gasteiger partial charge on any atom is 0.224 e. The van der Waals surface area contributed by atoms with E-state index in [9.17, 15) is 9.18 Å². The molecule has 4 heteroatoms. The van der Waals surface area contributed by atoms with Gasteiger partial charge >= 0.3 is 0 Å². The minimum atomic E-state index is -0.318. The molecule has 0 bridgehead atoms. The number of rotatable bonds is 2. The molecule has 0 saturated carbocycles. The lowest BCUT2D eigenvalue weighted by Gasteiger charge is -2.25. The molecule has 0 spiro atoms. The second kappa shape index (κ2) is 4.54. The topological polar surface area (TPSA) is 44.1 Å². The fourth-order valence-electron chi connectivity index (χ4n) is 2.17. The van der Waals surface area contributed by atoms with Gasteiger partial charge in [-0.3, -0.25) is 4.79 Å². The molecule has 2 atom stereocenters. The zero-order chi connectivity index (χ0) is 12.4. The predicted octanol–water partition coefficient (Wildman–Crippen LogP) is 2.26. The lowest BCUT2D eigenvalue weighted by Crippen LogP contribution is -2.29. The molecule has 17 heavy (non-hydrogen) atoms. The number of likely N-dealkylation sites (tertiary alicyclic amines) is 1. The Bertz CT molecular complexity index is 481. The maximum absolute atomic E-state index is 13.6. The van der Waals surface area contributed by atoms with Crippen LogP contribution in [0, 0.1) is 23.1 Å². The van der Waals surface area contributed by atoms with Gasteiger partial charge in [0, 0.05) is 18.5 Å². The molecule has 1 aromatic rings. The van der Waals surface area contributed by atoms with Crippen molar-refractivity contribution < 1.29 is 9.18 Å². The van der Waals surface area contributed by atoms with E-state index < -0.39 is 0 Å². The summed E-state index contributed by atoms with van der Waals surface area (Å²) in [4.78, 5) is 13.3.